The fraction of sp³-hybridized carbons (Fsp3) is 0.476. The van der Waals surface area contributed by atoms with Gasteiger partial charge in [-0.3, -0.25) is 9.69 Å². The van der Waals surface area contributed by atoms with Gasteiger partial charge in [-0.05, 0) is 61.3 Å². The molecule has 1 aliphatic carbocycles. The van der Waals surface area contributed by atoms with Gasteiger partial charge in [-0.15, -0.1) is 0 Å². The van der Waals surface area contributed by atoms with Crippen molar-refractivity contribution in [3.63, 3.8) is 0 Å². The van der Waals surface area contributed by atoms with Crippen LogP contribution in [0.1, 0.15) is 38.2 Å². The number of fused-ring (bicyclic) bond motifs is 1. The third-order valence-corrected chi connectivity index (χ3v) is 5.29. The van der Waals surface area contributed by atoms with Crippen molar-refractivity contribution in [1.82, 2.24) is 10.2 Å². The van der Waals surface area contributed by atoms with Crippen LogP contribution in [0.4, 0.5) is 0 Å². The highest BCUT2D eigenvalue weighted by molar-refractivity contribution is 5.84. The summed E-state index contributed by atoms with van der Waals surface area (Å²) >= 11 is 0. The van der Waals surface area contributed by atoms with Crippen LogP contribution in [0, 0.1) is 0 Å². The number of hydrogen-bond donors (Lipinski definition) is 1. The fourth-order valence-electron chi connectivity index (χ4n) is 3.52. The molecule has 1 atom stereocenters. The number of benzene rings is 2. The lowest BCUT2D eigenvalue weighted by molar-refractivity contribution is -0.126. The Bertz CT molecular complexity index is 738. The zero-order chi connectivity index (χ0) is 17.8. The second kappa shape index (κ2) is 7.87. The monoisotopic (exact) mass is 340 g/mol. The number of methoxy groups -OCH3 is 1. The van der Waals surface area contributed by atoms with E-state index in [0.717, 1.165) is 30.5 Å². The second-order valence-corrected chi connectivity index (χ2v) is 7.13. The van der Waals surface area contributed by atoms with Gasteiger partial charge in [-0.1, -0.05) is 31.0 Å². The number of carbonyl (C=O) groups is 1. The van der Waals surface area contributed by atoms with Gasteiger partial charge in [0.15, 0.2) is 0 Å². The van der Waals surface area contributed by atoms with Crippen molar-refractivity contribution < 1.29 is 9.53 Å². The highest BCUT2D eigenvalue weighted by Gasteiger charge is 2.23. The third kappa shape index (κ3) is 4.31. The van der Waals surface area contributed by atoms with Crippen molar-refractivity contribution in [3.8, 4) is 5.75 Å². The zero-order valence-electron chi connectivity index (χ0n) is 15.4. The highest BCUT2D eigenvalue weighted by atomic mass is 16.5. The average molecular weight is 340 g/mol. The summed E-state index contributed by atoms with van der Waals surface area (Å²) in [7, 11) is 3.69. The Morgan fingerprint density at radius 3 is 2.60 bits per heavy atom. The summed E-state index contributed by atoms with van der Waals surface area (Å²) < 4.78 is 5.28. The van der Waals surface area contributed by atoms with Crippen LogP contribution in [0.25, 0.3) is 10.8 Å². The molecule has 2 aromatic carbocycles. The smallest absolute Gasteiger partial charge is 0.237 e. The van der Waals surface area contributed by atoms with E-state index < -0.39 is 0 Å². The number of nitrogens with zero attached hydrogens (tertiary/aromatic N) is 1. The van der Waals surface area contributed by atoms with E-state index in [-0.39, 0.29) is 11.9 Å². The molecule has 4 nitrogen and oxygen atoms in total. The summed E-state index contributed by atoms with van der Waals surface area (Å²) in [6.07, 6.45) is 4.71. The van der Waals surface area contributed by atoms with E-state index in [1.807, 2.05) is 26.1 Å². The number of amides is 1. The van der Waals surface area contributed by atoms with Crippen LogP contribution in [0.3, 0.4) is 0 Å². The van der Waals surface area contributed by atoms with Gasteiger partial charge < -0.3 is 10.1 Å². The number of nitrogens with one attached hydrogen (secondary N) is 1. The molecule has 1 saturated carbocycles. The Morgan fingerprint density at radius 2 is 1.88 bits per heavy atom. The maximum Gasteiger partial charge on any atom is 0.237 e. The topological polar surface area (TPSA) is 41.6 Å². The van der Waals surface area contributed by atoms with Crippen LogP contribution in [0.2, 0.25) is 0 Å². The molecule has 0 aromatic heterocycles. The minimum Gasteiger partial charge on any atom is -0.497 e. The zero-order valence-corrected chi connectivity index (χ0v) is 15.4. The SMILES string of the molecule is COc1ccc2cc(CN(C)C(C)C(=O)NC3CCCC3)ccc2c1. The number of likely N-dealkylation sites (N-methyl/N-ethyl adjacent to an activating group) is 1. The number of carbonyl (C=O) groups excluding carboxylic acids is 1. The first-order chi connectivity index (χ1) is 12.1. The molecule has 0 aliphatic heterocycles. The van der Waals surface area contributed by atoms with Crippen molar-refractivity contribution in [2.45, 2.75) is 51.2 Å². The summed E-state index contributed by atoms with van der Waals surface area (Å²) in [4.78, 5) is 14.6. The molecule has 0 spiro atoms. The first-order valence-corrected chi connectivity index (χ1v) is 9.14. The minimum atomic E-state index is -0.132. The molecule has 0 saturated heterocycles. The van der Waals surface area contributed by atoms with Gasteiger partial charge in [0.05, 0.1) is 13.2 Å². The lowest BCUT2D eigenvalue weighted by Crippen LogP contribution is -2.46. The predicted octanol–water partition coefficient (Wildman–Crippen LogP) is 3.73. The second-order valence-electron chi connectivity index (χ2n) is 7.13. The molecule has 0 heterocycles. The van der Waals surface area contributed by atoms with Gasteiger partial charge in [-0.2, -0.15) is 0 Å². The maximum absolute atomic E-state index is 12.4. The van der Waals surface area contributed by atoms with Crippen molar-refractivity contribution in [2.75, 3.05) is 14.2 Å². The molecule has 25 heavy (non-hydrogen) atoms. The highest BCUT2D eigenvalue weighted by Crippen LogP contribution is 2.23. The van der Waals surface area contributed by atoms with Gasteiger partial charge in [0, 0.05) is 12.6 Å². The normalized spacial score (nSPS) is 16.3. The molecular formula is C21H28N2O2. The Balaban J connectivity index is 1.63. The van der Waals surface area contributed by atoms with Crippen LogP contribution in [0.5, 0.6) is 5.75 Å². The standard InChI is InChI=1S/C21H28N2O2/c1-15(21(24)22-19-6-4-5-7-19)23(2)14-16-8-9-18-13-20(25-3)11-10-17(18)12-16/h8-13,15,19H,4-7,14H2,1-3H3,(H,22,24). The first-order valence-electron chi connectivity index (χ1n) is 9.14. The van der Waals surface area contributed by atoms with E-state index in [4.69, 9.17) is 4.74 Å². The van der Waals surface area contributed by atoms with Crippen molar-refractivity contribution in [3.05, 3.63) is 42.0 Å². The van der Waals surface area contributed by atoms with E-state index >= 15 is 0 Å². The molecule has 2 aromatic rings. The Morgan fingerprint density at radius 1 is 1.20 bits per heavy atom. The predicted molar refractivity (Wildman–Crippen MR) is 102 cm³/mol. The Hall–Kier alpha value is -2.07. The van der Waals surface area contributed by atoms with Gasteiger partial charge >= 0.3 is 0 Å². The molecular weight excluding hydrogens is 312 g/mol. The molecule has 4 heteroatoms. The summed E-state index contributed by atoms with van der Waals surface area (Å²) in [6.45, 7) is 2.73. The molecule has 134 valence electrons. The molecule has 1 amide bonds. The van der Waals surface area contributed by atoms with E-state index in [0.29, 0.717) is 6.04 Å². The number of ether oxygens (including phenoxy) is 1. The van der Waals surface area contributed by atoms with E-state index in [1.54, 1.807) is 7.11 Å². The Kier molecular flexibility index (Phi) is 5.59. The quantitative estimate of drug-likeness (QED) is 0.871. The van der Waals surface area contributed by atoms with E-state index in [2.05, 4.69) is 34.5 Å². The average Bonchev–Trinajstić information content (AvgIpc) is 3.13. The van der Waals surface area contributed by atoms with Crippen LogP contribution >= 0.6 is 0 Å². The Labute approximate surface area is 150 Å². The number of hydrogen-bond acceptors (Lipinski definition) is 3. The minimum absolute atomic E-state index is 0.132. The molecule has 0 bridgehead atoms. The fourth-order valence-corrected chi connectivity index (χ4v) is 3.52. The molecule has 1 aliphatic rings. The third-order valence-electron chi connectivity index (χ3n) is 5.29. The van der Waals surface area contributed by atoms with Crippen molar-refractivity contribution in [1.29, 1.82) is 0 Å². The summed E-state index contributed by atoms with van der Waals surface area (Å²) in [5, 5.41) is 5.55. The molecule has 0 radical (unpaired) electrons. The summed E-state index contributed by atoms with van der Waals surface area (Å²) in [5.41, 5.74) is 1.21. The van der Waals surface area contributed by atoms with Crippen LogP contribution in [0.15, 0.2) is 36.4 Å². The van der Waals surface area contributed by atoms with Crippen molar-refractivity contribution >= 4 is 16.7 Å². The summed E-state index contributed by atoms with van der Waals surface area (Å²) in [5.74, 6) is 1.01. The van der Waals surface area contributed by atoms with E-state index in [9.17, 15) is 4.79 Å². The van der Waals surface area contributed by atoms with Gasteiger partial charge in [0.25, 0.3) is 0 Å². The van der Waals surface area contributed by atoms with Gasteiger partial charge in [0.1, 0.15) is 5.75 Å². The van der Waals surface area contributed by atoms with Crippen LogP contribution in [-0.2, 0) is 11.3 Å². The molecule has 3 rings (SSSR count). The largest absolute Gasteiger partial charge is 0.497 e. The summed E-state index contributed by atoms with van der Waals surface area (Å²) in [6, 6.07) is 12.8. The van der Waals surface area contributed by atoms with Gasteiger partial charge in [-0.25, -0.2) is 0 Å². The maximum atomic E-state index is 12.4. The first kappa shape index (κ1) is 17.7. The van der Waals surface area contributed by atoms with E-state index in [1.165, 1.54) is 23.8 Å². The van der Waals surface area contributed by atoms with Crippen LogP contribution < -0.4 is 10.1 Å². The van der Waals surface area contributed by atoms with Crippen LogP contribution in [-0.4, -0.2) is 37.0 Å². The lowest BCUT2D eigenvalue weighted by Gasteiger charge is -2.25. The molecule has 1 fully saturated rings. The van der Waals surface area contributed by atoms with Crippen molar-refractivity contribution in [2.24, 2.45) is 0 Å². The molecule has 1 N–H and O–H groups in total. The number of rotatable bonds is 6. The molecule has 1 unspecified atom stereocenters. The van der Waals surface area contributed by atoms with Gasteiger partial charge in [0.2, 0.25) is 5.91 Å². The lowest BCUT2D eigenvalue weighted by atomic mass is 10.1.